The average molecular weight is 410 g/mol. The van der Waals surface area contributed by atoms with Gasteiger partial charge in [-0.2, -0.15) is 13.2 Å². The first kappa shape index (κ1) is 22.5. The Balaban J connectivity index is 2.10. The molecule has 0 aliphatic carbocycles. The molecule has 1 unspecified atom stereocenters. The molecule has 29 heavy (non-hydrogen) atoms. The van der Waals surface area contributed by atoms with Crippen LogP contribution in [0.25, 0.3) is 0 Å². The summed E-state index contributed by atoms with van der Waals surface area (Å²) in [6.45, 7) is 0.0949. The first-order valence-corrected chi connectivity index (χ1v) is 9.04. The SMILES string of the molecule is CN(C)C(=O)Oc1cccc(C(CCOc2ccccc2C(F)(F)F)N(C)C)c1. The zero-order chi connectivity index (χ0) is 21.6. The Morgan fingerprint density at radius 2 is 1.72 bits per heavy atom. The molecule has 2 rings (SSSR count). The molecule has 0 aliphatic rings. The molecule has 0 N–H and O–H groups in total. The summed E-state index contributed by atoms with van der Waals surface area (Å²) in [6.07, 6.45) is -4.51. The van der Waals surface area contributed by atoms with Crippen LogP contribution in [0, 0.1) is 0 Å². The fourth-order valence-electron chi connectivity index (χ4n) is 2.81. The van der Waals surface area contributed by atoms with Gasteiger partial charge in [0.1, 0.15) is 11.5 Å². The molecule has 0 saturated heterocycles. The van der Waals surface area contributed by atoms with E-state index in [0.29, 0.717) is 12.2 Å². The third-order valence-corrected chi connectivity index (χ3v) is 4.28. The number of para-hydroxylation sites is 1. The van der Waals surface area contributed by atoms with Crippen LogP contribution in [0.4, 0.5) is 18.0 Å². The minimum Gasteiger partial charge on any atom is -0.493 e. The minimum atomic E-state index is -4.47. The van der Waals surface area contributed by atoms with Gasteiger partial charge >= 0.3 is 12.3 Å². The Morgan fingerprint density at radius 1 is 1.03 bits per heavy atom. The van der Waals surface area contributed by atoms with Crippen LogP contribution in [0.1, 0.15) is 23.6 Å². The normalized spacial score (nSPS) is 12.6. The molecule has 0 aromatic heterocycles. The summed E-state index contributed by atoms with van der Waals surface area (Å²) in [5.41, 5.74) is 0.0748. The van der Waals surface area contributed by atoms with Crippen LogP contribution in [0.15, 0.2) is 48.5 Å². The van der Waals surface area contributed by atoms with Crippen molar-refractivity contribution in [2.24, 2.45) is 0 Å². The topological polar surface area (TPSA) is 42.0 Å². The lowest BCUT2D eigenvalue weighted by Gasteiger charge is -2.25. The van der Waals surface area contributed by atoms with Gasteiger partial charge in [0.25, 0.3) is 0 Å². The Labute approximate surface area is 168 Å². The zero-order valence-corrected chi connectivity index (χ0v) is 16.9. The number of benzene rings is 2. The summed E-state index contributed by atoms with van der Waals surface area (Å²) in [7, 11) is 6.91. The Bertz CT molecular complexity index is 823. The molecule has 1 amide bonds. The van der Waals surface area contributed by atoms with Crippen LogP contribution in [0.5, 0.6) is 11.5 Å². The quantitative estimate of drug-likeness (QED) is 0.655. The molecule has 2 aromatic rings. The Morgan fingerprint density at radius 3 is 2.34 bits per heavy atom. The lowest BCUT2D eigenvalue weighted by Crippen LogP contribution is -2.25. The fourth-order valence-corrected chi connectivity index (χ4v) is 2.81. The number of rotatable bonds is 7. The van der Waals surface area contributed by atoms with Crippen molar-refractivity contribution in [3.8, 4) is 11.5 Å². The van der Waals surface area contributed by atoms with Crippen LogP contribution < -0.4 is 9.47 Å². The first-order valence-electron chi connectivity index (χ1n) is 9.04. The predicted octanol–water partition coefficient (Wildman–Crippen LogP) is 4.84. The fraction of sp³-hybridized carbons (Fsp3) is 0.381. The van der Waals surface area contributed by atoms with Crippen LogP contribution in [-0.2, 0) is 6.18 Å². The van der Waals surface area contributed by atoms with Crippen LogP contribution in [0.3, 0.4) is 0 Å². The van der Waals surface area contributed by atoms with Crippen molar-refractivity contribution < 1.29 is 27.4 Å². The zero-order valence-electron chi connectivity index (χ0n) is 16.9. The van der Waals surface area contributed by atoms with Crippen LogP contribution >= 0.6 is 0 Å². The molecular weight excluding hydrogens is 385 g/mol. The molecular formula is C21H25F3N2O3. The van der Waals surface area contributed by atoms with E-state index in [1.807, 2.05) is 25.1 Å². The smallest absolute Gasteiger partial charge is 0.419 e. The second kappa shape index (κ2) is 9.65. The van der Waals surface area contributed by atoms with Crippen molar-refractivity contribution in [1.82, 2.24) is 9.80 Å². The molecule has 0 saturated carbocycles. The van der Waals surface area contributed by atoms with E-state index in [1.54, 1.807) is 32.3 Å². The van der Waals surface area contributed by atoms with E-state index in [2.05, 4.69) is 0 Å². The van der Waals surface area contributed by atoms with Crippen molar-refractivity contribution >= 4 is 6.09 Å². The molecule has 1 atom stereocenters. The molecule has 0 bridgehead atoms. The van der Waals surface area contributed by atoms with Gasteiger partial charge in [0.15, 0.2) is 0 Å². The van der Waals surface area contributed by atoms with Gasteiger partial charge in [-0.15, -0.1) is 0 Å². The maximum Gasteiger partial charge on any atom is 0.419 e. The second-order valence-corrected chi connectivity index (χ2v) is 6.95. The number of hydrogen-bond acceptors (Lipinski definition) is 4. The van der Waals surface area contributed by atoms with Crippen molar-refractivity contribution in [3.05, 3.63) is 59.7 Å². The Kier molecular flexibility index (Phi) is 7.50. The lowest BCUT2D eigenvalue weighted by atomic mass is 10.0. The largest absolute Gasteiger partial charge is 0.493 e. The summed E-state index contributed by atoms with van der Waals surface area (Å²) in [6, 6.07) is 12.1. The van der Waals surface area contributed by atoms with E-state index >= 15 is 0 Å². The van der Waals surface area contributed by atoms with E-state index in [4.69, 9.17) is 9.47 Å². The van der Waals surface area contributed by atoms with Crippen LogP contribution in [0.2, 0.25) is 0 Å². The molecule has 8 heteroatoms. The average Bonchev–Trinajstić information content (AvgIpc) is 2.64. The number of amides is 1. The Hall–Kier alpha value is -2.74. The van der Waals surface area contributed by atoms with Gasteiger partial charge in [-0.3, -0.25) is 0 Å². The standard InChI is InChI=1S/C21H25F3N2O3/c1-25(2)18(15-8-7-9-16(14-15)29-20(27)26(3)4)12-13-28-19-11-6-5-10-17(19)21(22,23)24/h5-11,14,18H,12-13H2,1-4H3. The molecule has 5 nitrogen and oxygen atoms in total. The summed E-state index contributed by atoms with van der Waals surface area (Å²) in [4.78, 5) is 15.0. The first-order chi connectivity index (χ1) is 13.6. The number of alkyl halides is 3. The van der Waals surface area contributed by atoms with E-state index in [-0.39, 0.29) is 18.4 Å². The third kappa shape index (κ3) is 6.39. The predicted molar refractivity (Wildman–Crippen MR) is 104 cm³/mol. The highest BCUT2D eigenvalue weighted by Gasteiger charge is 2.34. The summed E-state index contributed by atoms with van der Waals surface area (Å²) >= 11 is 0. The minimum absolute atomic E-state index is 0.0949. The molecule has 158 valence electrons. The van der Waals surface area contributed by atoms with Crippen molar-refractivity contribution in [2.45, 2.75) is 18.6 Å². The van der Waals surface area contributed by atoms with Gasteiger partial charge in [-0.1, -0.05) is 24.3 Å². The van der Waals surface area contributed by atoms with Gasteiger partial charge in [-0.25, -0.2) is 4.79 Å². The number of carbonyl (C=O) groups is 1. The molecule has 0 heterocycles. The van der Waals surface area contributed by atoms with Gasteiger partial charge in [0.2, 0.25) is 0 Å². The van der Waals surface area contributed by atoms with Gasteiger partial charge in [0, 0.05) is 26.6 Å². The summed E-state index contributed by atoms with van der Waals surface area (Å²) < 4.78 is 50.0. The van der Waals surface area contributed by atoms with E-state index in [1.165, 1.54) is 23.1 Å². The maximum atomic E-state index is 13.1. The highest BCUT2D eigenvalue weighted by atomic mass is 19.4. The molecule has 2 aromatic carbocycles. The van der Waals surface area contributed by atoms with E-state index in [0.717, 1.165) is 11.6 Å². The molecule has 0 spiro atoms. The number of nitrogens with zero attached hydrogens (tertiary/aromatic N) is 2. The second-order valence-electron chi connectivity index (χ2n) is 6.95. The molecule has 0 radical (unpaired) electrons. The van der Waals surface area contributed by atoms with Gasteiger partial charge < -0.3 is 19.3 Å². The van der Waals surface area contributed by atoms with Gasteiger partial charge in [-0.05, 0) is 43.9 Å². The number of halogens is 3. The maximum absolute atomic E-state index is 13.1. The highest BCUT2D eigenvalue weighted by Crippen LogP contribution is 2.36. The monoisotopic (exact) mass is 410 g/mol. The molecule has 0 aliphatic heterocycles. The number of hydrogen-bond donors (Lipinski definition) is 0. The van der Waals surface area contributed by atoms with E-state index in [9.17, 15) is 18.0 Å². The summed E-state index contributed by atoms with van der Waals surface area (Å²) in [5, 5.41) is 0. The van der Waals surface area contributed by atoms with Crippen LogP contribution in [-0.4, -0.2) is 50.7 Å². The third-order valence-electron chi connectivity index (χ3n) is 4.28. The lowest BCUT2D eigenvalue weighted by molar-refractivity contribution is -0.139. The number of ether oxygens (including phenoxy) is 2. The van der Waals surface area contributed by atoms with Crippen molar-refractivity contribution in [3.63, 3.8) is 0 Å². The highest BCUT2D eigenvalue weighted by molar-refractivity contribution is 5.70. The molecule has 0 fully saturated rings. The summed E-state index contributed by atoms with van der Waals surface area (Å²) in [5.74, 6) is 0.211. The number of carbonyl (C=O) groups excluding carboxylic acids is 1. The van der Waals surface area contributed by atoms with Gasteiger partial charge in [0.05, 0.1) is 12.2 Å². The van der Waals surface area contributed by atoms with E-state index < -0.39 is 17.8 Å². The van der Waals surface area contributed by atoms with Crippen molar-refractivity contribution in [2.75, 3.05) is 34.8 Å². The van der Waals surface area contributed by atoms with Crippen molar-refractivity contribution in [1.29, 1.82) is 0 Å².